The maximum Gasteiger partial charge on any atom is 0.223 e. The molecule has 4 nitrogen and oxygen atoms in total. The van der Waals surface area contributed by atoms with Crippen molar-refractivity contribution in [2.75, 3.05) is 32.1 Å². The van der Waals surface area contributed by atoms with E-state index in [0.717, 1.165) is 37.1 Å². The summed E-state index contributed by atoms with van der Waals surface area (Å²) in [5, 5.41) is 1.30. The van der Waals surface area contributed by atoms with E-state index in [1.54, 1.807) is 11.8 Å². The minimum atomic E-state index is 0.0547. The van der Waals surface area contributed by atoms with Gasteiger partial charge in [-0.3, -0.25) is 4.79 Å². The second kappa shape index (κ2) is 4.94. The van der Waals surface area contributed by atoms with Gasteiger partial charge >= 0.3 is 0 Å². The van der Waals surface area contributed by atoms with Crippen molar-refractivity contribution in [3.05, 3.63) is 29.5 Å². The van der Waals surface area contributed by atoms with Crippen LogP contribution in [0.4, 0.5) is 5.69 Å². The monoisotopic (exact) mass is 271 g/mol. The van der Waals surface area contributed by atoms with Gasteiger partial charge in [-0.1, -0.05) is 6.07 Å². The van der Waals surface area contributed by atoms with Crippen LogP contribution in [-0.2, 0) is 17.6 Å². The number of carbonyl (C=O) groups excluding carboxylic acids is 1. The van der Waals surface area contributed by atoms with Gasteiger partial charge in [0.1, 0.15) is 0 Å². The molecule has 1 aliphatic heterocycles. The molecule has 106 valence electrons. The molecule has 1 aromatic carbocycles. The second-order valence-corrected chi connectivity index (χ2v) is 5.69. The summed E-state index contributed by atoms with van der Waals surface area (Å²) in [6.07, 6.45) is 2.16. The smallest absolute Gasteiger partial charge is 0.223 e. The highest BCUT2D eigenvalue weighted by Gasteiger charge is 2.17. The van der Waals surface area contributed by atoms with E-state index in [0.29, 0.717) is 0 Å². The summed E-state index contributed by atoms with van der Waals surface area (Å²) >= 11 is 0. The van der Waals surface area contributed by atoms with Crippen molar-refractivity contribution < 1.29 is 4.79 Å². The van der Waals surface area contributed by atoms with E-state index in [9.17, 15) is 4.79 Å². The summed E-state index contributed by atoms with van der Waals surface area (Å²) in [5.74, 6) is 0.0547. The van der Waals surface area contributed by atoms with Crippen LogP contribution in [-0.4, -0.2) is 43.0 Å². The lowest BCUT2D eigenvalue weighted by atomic mass is 10.1. The van der Waals surface area contributed by atoms with Gasteiger partial charge in [-0.05, 0) is 31.2 Å². The number of aromatic nitrogens is 1. The molecule has 1 amide bonds. The van der Waals surface area contributed by atoms with E-state index in [2.05, 4.69) is 29.1 Å². The highest BCUT2D eigenvalue weighted by atomic mass is 16.2. The van der Waals surface area contributed by atoms with E-state index in [4.69, 9.17) is 0 Å². The Morgan fingerprint density at radius 3 is 2.80 bits per heavy atom. The van der Waals surface area contributed by atoms with Crippen LogP contribution < -0.4 is 4.90 Å². The fourth-order valence-electron chi connectivity index (χ4n) is 2.91. The molecule has 2 heterocycles. The quantitative estimate of drug-likeness (QED) is 0.863. The number of likely N-dealkylation sites (N-methyl/N-ethyl adjacent to an activating group) is 1. The van der Waals surface area contributed by atoms with Crippen LogP contribution in [0.5, 0.6) is 0 Å². The van der Waals surface area contributed by atoms with E-state index in [1.807, 2.05) is 13.1 Å². The van der Waals surface area contributed by atoms with Crippen LogP contribution in [0.1, 0.15) is 18.2 Å². The molecule has 0 radical (unpaired) electrons. The Bertz CT molecular complexity index is 659. The van der Waals surface area contributed by atoms with Crippen molar-refractivity contribution in [3.63, 3.8) is 0 Å². The van der Waals surface area contributed by atoms with Crippen molar-refractivity contribution in [2.45, 2.75) is 19.8 Å². The van der Waals surface area contributed by atoms with Crippen LogP contribution in [0, 0.1) is 0 Å². The number of carbonyl (C=O) groups is 1. The first-order valence-corrected chi connectivity index (χ1v) is 7.12. The van der Waals surface area contributed by atoms with E-state index >= 15 is 0 Å². The van der Waals surface area contributed by atoms with Crippen molar-refractivity contribution in [1.82, 2.24) is 9.88 Å². The van der Waals surface area contributed by atoms with Crippen LogP contribution >= 0.6 is 0 Å². The average molecular weight is 271 g/mol. The fraction of sp³-hybridized carbons (Fsp3) is 0.438. The molecule has 1 aromatic heterocycles. The molecule has 3 rings (SSSR count). The van der Waals surface area contributed by atoms with Crippen molar-refractivity contribution in [1.29, 1.82) is 0 Å². The molecule has 0 fully saturated rings. The Morgan fingerprint density at radius 2 is 2.05 bits per heavy atom. The number of hydrogen-bond donors (Lipinski definition) is 1. The lowest BCUT2D eigenvalue weighted by Crippen LogP contribution is -2.22. The number of rotatable bonds is 1. The van der Waals surface area contributed by atoms with Gasteiger partial charge in [0.05, 0.1) is 0 Å². The summed E-state index contributed by atoms with van der Waals surface area (Å²) in [5.41, 5.74) is 4.89. The minimum Gasteiger partial charge on any atom is -0.358 e. The molecule has 1 aliphatic rings. The number of H-pyrrole nitrogens is 1. The maximum absolute atomic E-state index is 11.5. The van der Waals surface area contributed by atoms with E-state index in [1.165, 1.54) is 16.6 Å². The highest BCUT2D eigenvalue weighted by Crippen LogP contribution is 2.28. The lowest BCUT2D eigenvalue weighted by Gasteiger charge is -2.15. The molecule has 20 heavy (non-hydrogen) atoms. The van der Waals surface area contributed by atoms with Gasteiger partial charge in [-0.2, -0.15) is 0 Å². The van der Waals surface area contributed by atoms with Gasteiger partial charge in [0.25, 0.3) is 0 Å². The summed E-state index contributed by atoms with van der Waals surface area (Å²) in [4.78, 5) is 19.1. The first-order chi connectivity index (χ1) is 9.56. The Kier molecular flexibility index (Phi) is 3.26. The van der Waals surface area contributed by atoms with Gasteiger partial charge in [0, 0.05) is 55.8 Å². The van der Waals surface area contributed by atoms with Crippen molar-refractivity contribution in [2.24, 2.45) is 0 Å². The fourth-order valence-corrected chi connectivity index (χ4v) is 2.91. The van der Waals surface area contributed by atoms with Crippen LogP contribution in [0.15, 0.2) is 18.2 Å². The average Bonchev–Trinajstić information content (AvgIpc) is 2.68. The number of amides is 1. The van der Waals surface area contributed by atoms with Gasteiger partial charge in [0.15, 0.2) is 0 Å². The topological polar surface area (TPSA) is 39.3 Å². The molecule has 0 aliphatic carbocycles. The van der Waals surface area contributed by atoms with Gasteiger partial charge in [-0.15, -0.1) is 0 Å². The molecular weight excluding hydrogens is 250 g/mol. The molecule has 0 saturated carbocycles. The number of nitrogens with one attached hydrogen (secondary N) is 1. The zero-order chi connectivity index (χ0) is 14.3. The lowest BCUT2D eigenvalue weighted by molar-refractivity contribution is -0.116. The predicted molar refractivity (Wildman–Crippen MR) is 82.3 cm³/mol. The van der Waals surface area contributed by atoms with Crippen molar-refractivity contribution >= 4 is 22.5 Å². The largest absolute Gasteiger partial charge is 0.358 e. The maximum atomic E-state index is 11.5. The number of aromatic amines is 1. The Balaban J connectivity index is 2.04. The summed E-state index contributed by atoms with van der Waals surface area (Å²) < 4.78 is 0. The normalized spacial score (nSPS) is 15.9. The third-order valence-corrected chi connectivity index (χ3v) is 4.32. The first-order valence-electron chi connectivity index (χ1n) is 7.12. The number of anilines is 1. The third-order valence-electron chi connectivity index (χ3n) is 4.32. The summed E-state index contributed by atoms with van der Waals surface area (Å²) in [7, 11) is 3.99. The molecular formula is C16H21N3O. The zero-order valence-corrected chi connectivity index (χ0v) is 12.4. The molecule has 1 N–H and O–H groups in total. The Labute approximate surface area is 119 Å². The van der Waals surface area contributed by atoms with Crippen LogP contribution in [0.3, 0.4) is 0 Å². The highest BCUT2D eigenvalue weighted by molar-refractivity contribution is 5.95. The molecule has 0 saturated heterocycles. The van der Waals surface area contributed by atoms with E-state index < -0.39 is 0 Å². The van der Waals surface area contributed by atoms with Crippen molar-refractivity contribution in [3.8, 4) is 0 Å². The van der Waals surface area contributed by atoms with Gasteiger partial charge < -0.3 is 14.8 Å². The first kappa shape index (κ1) is 13.2. The number of fused-ring (bicyclic) bond motifs is 3. The summed E-state index contributed by atoms with van der Waals surface area (Å²) in [6, 6.07) is 6.26. The standard InChI is InChI=1S/C16H21N3O/c1-11(20)19(3)12-4-5-13-14-6-8-18(2)9-7-15(14)17-16(13)10-12/h4-5,10,17H,6-9H2,1-3H3. The van der Waals surface area contributed by atoms with Gasteiger partial charge in [0.2, 0.25) is 5.91 Å². The molecule has 0 spiro atoms. The van der Waals surface area contributed by atoms with Gasteiger partial charge in [-0.25, -0.2) is 0 Å². The molecule has 0 atom stereocenters. The molecule has 4 heteroatoms. The number of nitrogens with zero attached hydrogens (tertiary/aromatic N) is 2. The predicted octanol–water partition coefficient (Wildman–Crippen LogP) is 2.18. The second-order valence-electron chi connectivity index (χ2n) is 5.69. The number of benzene rings is 1. The molecule has 0 unspecified atom stereocenters. The molecule has 2 aromatic rings. The summed E-state index contributed by atoms with van der Waals surface area (Å²) in [6.45, 7) is 3.79. The minimum absolute atomic E-state index is 0.0547. The Hall–Kier alpha value is -1.81. The van der Waals surface area contributed by atoms with Crippen LogP contribution in [0.25, 0.3) is 10.9 Å². The third kappa shape index (κ3) is 2.20. The van der Waals surface area contributed by atoms with E-state index in [-0.39, 0.29) is 5.91 Å². The molecule has 0 bridgehead atoms. The zero-order valence-electron chi connectivity index (χ0n) is 12.4. The van der Waals surface area contributed by atoms with Crippen LogP contribution in [0.2, 0.25) is 0 Å². The Morgan fingerprint density at radius 1 is 1.30 bits per heavy atom. The SMILES string of the molecule is CC(=O)N(C)c1ccc2c3c([nH]c2c1)CCN(C)CC3. The number of hydrogen-bond acceptors (Lipinski definition) is 2.